The quantitative estimate of drug-likeness (QED) is 0.773. The molecular formula is C20H25N5O3. The van der Waals surface area contributed by atoms with E-state index in [4.69, 9.17) is 4.74 Å². The number of carbonyl (C=O) groups excluding carboxylic acids is 2. The topological polar surface area (TPSA) is 80.6 Å². The van der Waals surface area contributed by atoms with Gasteiger partial charge in [-0.25, -0.2) is 4.68 Å². The average molecular weight is 383 g/mol. The van der Waals surface area contributed by atoms with Crippen molar-refractivity contribution < 1.29 is 14.3 Å². The summed E-state index contributed by atoms with van der Waals surface area (Å²) in [4.78, 5) is 28.7. The van der Waals surface area contributed by atoms with E-state index in [1.807, 2.05) is 21.9 Å². The molecule has 148 valence electrons. The SMILES string of the molecule is COCC(=O)N1CCCC1Cn1cc(C(=O)N2CCc3ccccc3C2)nn1. The first-order valence-corrected chi connectivity index (χ1v) is 9.70. The molecule has 0 N–H and O–H groups in total. The van der Waals surface area contributed by atoms with Crippen molar-refractivity contribution in [3.63, 3.8) is 0 Å². The number of aromatic nitrogens is 3. The minimum atomic E-state index is -0.0977. The van der Waals surface area contributed by atoms with Gasteiger partial charge in [0.05, 0.1) is 18.8 Å². The van der Waals surface area contributed by atoms with Crippen molar-refractivity contribution in [1.82, 2.24) is 24.8 Å². The van der Waals surface area contributed by atoms with E-state index in [1.165, 1.54) is 18.2 Å². The van der Waals surface area contributed by atoms with Gasteiger partial charge in [-0.15, -0.1) is 5.10 Å². The smallest absolute Gasteiger partial charge is 0.276 e. The molecule has 1 aromatic carbocycles. The van der Waals surface area contributed by atoms with Crippen molar-refractivity contribution in [2.45, 2.75) is 38.4 Å². The zero-order valence-electron chi connectivity index (χ0n) is 16.1. The highest BCUT2D eigenvalue weighted by atomic mass is 16.5. The summed E-state index contributed by atoms with van der Waals surface area (Å²) in [5.41, 5.74) is 2.84. The highest BCUT2D eigenvalue weighted by Crippen LogP contribution is 2.21. The van der Waals surface area contributed by atoms with Crippen molar-refractivity contribution >= 4 is 11.8 Å². The van der Waals surface area contributed by atoms with Crippen LogP contribution in [-0.4, -0.2) is 69.5 Å². The van der Waals surface area contributed by atoms with Gasteiger partial charge in [-0.3, -0.25) is 9.59 Å². The minimum Gasteiger partial charge on any atom is -0.375 e. The highest BCUT2D eigenvalue weighted by Gasteiger charge is 2.30. The molecule has 28 heavy (non-hydrogen) atoms. The lowest BCUT2D eigenvalue weighted by molar-refractivity contribution is -0.136. The Bertz CT molecular complexity index is 865. The first-order chi connectivity index (χ1) is 13.7. The number of methoxy groups -OCH3 is 1. The number of benzene rings is 1. The van der Waals surface area contributed by atoms with Crippen LogP contribution in [0.5, 0.6) is 0 Å². The molecule has 4 rings (SSSR count). The van der Waals surface area contributed by atoms with Crippen LogP contribution in [-0.2, 0) is 29.0 Å². The van der Waals surface area contributed by atoms with Crippen LogP contribution in [0.2, 0.25) is 0 Å². The summed E-state index contributed by atoms with van der Waals surface area (Å²) in [6.07, 6.45) is 4.43. The molecule has 1 unspecified atom stereocenters. The minimum absolute atomic E-state index is 0.00611. The maximum absolute atomic E-state index is 12.8. The molecule has 0 saturated carbocycles. The van der Waals surface area contributed by atoms with Gasteiger partial charge in [-0.2, -0.15) is 0 Å². The Morgan fingerprint density at radius 2 is 2.04 bits per heavy atom. The van der Waals surface area contributed by atoms with E-state index in [1.54, 1.807) is 10.9 Å². The Kier molecular flexibility index (Phi) is 5.38. The molecule has 0 bridgehead atoms. The monoisotopic (exact) mass is 383 g/mol. The van der Waals surface area contributed by atoms with Gasteiger partial charge in [0.2, 0.25) is 5.91 Å². The van der Waals surface area contributed by atoms with E-state index in [9.17, 15) is 9.59 Å². The second-order valence-corrected chi connectivity index (χ2v) is 7.39. The number of ether oxygens (including phenoxy) is 1. The van der Waals surface area contributed by atoms with Gasteiger partial charge < -0.3 is 14.5 Å². The van der Waals surface area contributed by atoms with Gasteiger partial charge in [-0.05, 0) is 30.4 Å². The number of likely N-dealkylation sites (tertiary alicyclic amines) is 1. The third-order valence-electron chi connectivity index (χ3n) is 5.54. The lowest BCUT2D eigenvalue weighted by Crippen LogP contribution is -2.40. The fraction of sp³-hybridized carbons (Fsp3) is 0.500. The van der Waals surface area contributed by atoms with Gasteiger partial charge in [-0.1, -0.05) is 29.5 Å². The summed E-state index contributed by atoms with van der Waals surface area (Å²) in [6.45, 7) is 2.65. The summed E-state index contributed by atoms with van der Waals surface area (Å²) in [5.74, 6) is -0.104. The number of carbonyl (C=O) groups is 2. The predicted molar refractivity (Wildman–Crippen MR) is 102 cm³/mol. The van der Waals surface area contributed by atoms with Crippen molar-refractivity contribution in [1.29, 1.82) is 0 Å². The third-order valence-corrected chi connectivity index (χ3v) is 5.54. The van der Waals surface area contributed by atoms with E-state index in [0.717, 1.165) is 25.8 Å². The number of rotatable bonds is 5. The van der Waals surface area contributed by atoms with Crippen LogP contribution in [0.4, 0.5) is 0 Å². The fourth-order valence-electron chi connectivity index (χ4n) is 4.09. The maximum atomic E-state index is 12.8. The summed E-state index contributed by atoms with van der Waals surface area (Å²) in [6, 6.07) is 8.28. The zero-order chi connectivity index (χ0) is 19.5. The highest BCUT2D eigenvalue weighted by molar-refractivity contribution is 5.92. The van der Waals surface area contributed by atoms with Crippen LogP contribution in [0.15, 0.2) is 30.5 Å². The summed E-state index contributed by atoms with van der Waals surface area (Å²) >= 11 is 0. The largest absolute Gasteiger partial charge is 0.375 e. The molecule has 0 spiro atoms. The second kappa shape index (κ2) is 8.10. The second-order valence-electron chi connectivity index (χ2n) is 7.39. The van der Waals surface area contributed by atoms with Crippen molar-refractivity contribution in [3.8, 4) is 0 Å². The number of hydrogen-bond acceptors (Lipinski definition) is 5. The molecule has 2 amide bonds. The lowest BCUT2D eigenvalue weighted by Gasteiger charge is -2.28. The fourth-order valence-corrected chi connectivity index (χ4v) is 4.09. The molecular weight excluding hydrogens is 358 g/mol. The maximum Gasteiger partial charge on any atom is 0.276 e. The summed E-state index contributed by atoms with van der Waals surface area (Å²) in [7, 11) is 1.53. The Morgan fingerprint density at radius 3 is 2.86 bits per heavy atom. The lowest BCUT2D eigenvalue weighted by atomic mass is 10.00. The van der Waals surface area contributed by atoms with Gasteiger partial charge in [0.15, 0.2) is 5.69 Å². The van der Waals surface area contributed by atoms with Gasteiger partial charge in [0.1, 0.15) is 6.61 Å². The molecule has 1 saturated heterocycles. The molecule has 2 aromatic rings. The van der Waals surface area contributed by atoms with E-state index < -0.39 is 0 Å². The standard InChI is InChI=1S/C20H25N5O3/c1-28-14-19(26)25-9-4-7-17(25)12-24-13-18(21-22-24)20(27)23-10-8-15-5-2-3-6-16(15)11-23/h2-3,5-6,13,17H,4,7-12,14H2,1H3. The van der Waals surface area contributed by atoms with Crippen molar-refractivity contribution in [3.05, 3.63) is 47.3 Å². The number of nitrogens with zero attached hydrogens (tertiary/aromatic N) is 5. The Morgan fingerprint density at radius 1 is 1.21 bits per heavy atom. The molecule has 3 heterocycles. The number of fused-ring (bicyclic) bond motifs is 1. The van der Waals surface area contributed by atoms with Crippen LogP contribution in [0, 0.1) is 0 Å². The predicted octanol–water partition coefficient (Wildman–Crippen LogP) is 1.11. The zero-order valence-corrected chi connectivity index (χ0v) is 16.1. The van der Waals surface area contributed by atoms with Crippen LogP contribution in [0.3, 0.4) is 0 Å². The first kappa shape index (κ1) is 18.6. The number of hydrogen-bond donors (Lipinski definition) is 0. The van der Waals surface area contributed by atoms with E-state index in [0.29, 0.717) is 25.3 Å². The van der Waals surface area contributed by atoms with Crippen molar-refractivity contribution in [2.24, 2.45) is 0 Å². The molecule has 8 heteroatoms. The molecule has 2 aliphatic heterocycles. The van der Waals surface area contributed by atoms with Gasteiger partial charge in [0, 0.05) is 26.7 Å². The Labute approximate surface area is 164 Å². The molecule has 1 atom stereocenters. The molecule has 0 radical (unpaired) electrons. The van der Waals surface area contributed by atoms with E-state index >= 15 is 0 Å². The van der Waals surface area contributed by atoms with Crippen LogP contribution < -0.4 is 0 Å². The van der Waals surface area contributed by atoms with Crippen LogP contribution >= 0.6 is 0 Å². The number of amides is 2. The van der Waals surface area contributed by atoms with Gasteiger partial charge in [0.25, 0.3) is 5.91 Å². The molecule has 1 fully saturated rings. The summed E-state index contributed by atoms with van der Waals surface area (Å²) in [5, 5.41) is 8.22. The Balaban J connectivity index is 1.40. The molecule has 8 nitrogen and oxygen atoms in total. The van der Waals surface area contributed by atoms with Crippen LogP contribution in [0.1, 0.15) is 34.5 Å². The molecule has 2 aliphatic rings. The average Bonchev–Trinajstić information content (AvgIpc) is 3.37. The van der Waals surface area contributed by atoms with Gasteiger partial charge >= 0.3 is 0 Å². The first-order valence-electron chi connectivity index (χ1n) is 9.70. The third kappa shape index (κ3) is 3.77. The van der Waals surface area contributed by atoms with Crippen molar-refractivity contribution in [2.75, 3.05) is 26.8 Å². The van der Waals surface area contributed by atoms with E-state index in [2.05, 4.69) is 22.4 Å². The summed E-state index contributed by atoms with van der Waals surface area (Å²) < 4.78 is 6.64. The Hall–Kier alpha value is -2.74. The normalized spacial score (nSPS) is 19.0. The molecule has 0 aliphatic carbocycles. The van der Waals surface area contributed by atoms with Crippen LogP contribution in [0.25, 0.3) is 0 Å². The molecule has 1 aromatic heterocycles. The van der Waals surface area contributed by atoms with E-state index in [-0.39, 0.29) is 24.5 Å².